The molecule has 2 rings (SSSR count). The molecule has 0 bridgehead atoms. The number of hydrogen-bond acceptors (Lipinski definition) is 4. The predicted octanol–water partition coefficient (Wildman–Crippen LogP) is 3.36. The van der Waals surface area contributed by atoms with Gasteiger partial charge in [0.1, 0.15) is 0 Å². The zero-order valence-electron chi connectivity index (χ0n) is 14.6. The van der Waals surface area contributed by atoms with E-state index >= 15 is 0 Å². The van der Waals surface area contributed by atoms with Gasteiger partial charge in [-0.3, -0.25) is 4.99 Å². The van der Waals surface area contributed by atoms with Crippen LogP contribution in [-0.4, -0.2) is 24.6 Å². The molecule has 5 nitrogen and oxygen atoms in total. The van der Waals surface area contributed by atoms with Gasteiger partial charge in [-0.05, 0) is 30.5 Å². The van der Waals surface area contributed by atoms with Gasteiger partial charge < -0.3 is 15.4 Å². The molecule has 0 amide bonds. The highest BCUT2D eigenvalue weighted by Crippen LogP contribution is 2.16. The van der Waals surface area contributed by atoms with Gasteiger partial charge in [0.25, 0.3) is 0 Å². The van der Waals surface area contributed by atoms with Crippen molar-refractivity contribution in [3.05, 3.63) is 45.8 Å². The lowest BCUT2D eigenvalue weighted by atomic mass is 10.3. The maximum absolute atomic E-state index is 5.49. The molecule has 2 aromatic heterocycles. The van der Waals surface area contributed by atoms with Crippen molar-refractivity contribution in [3.8, 4) is 5.88 Å². The van der Waals surface area contributed by atoms with Crippen molar-refractivity contribution in [2.75, 3.05) is 13.7 Å². The summed E-state index contributed by atoms with van der Waals surface area (Å²) in [5.74, 6) is 1.46. The predicted molar refractivity (Wildman–Crippen MR) is 101 cm³/mol. The highest BCUT2D eigenvalue weighted by Gasteiger charge is 2.02. The Bertz CT molecular complexity index is 637. The SMILES string of the molecule is CCCOc1ccc(CNC(=NC)NCc2ccc(CC)s2)cn1. The Morgan fingerprint density at radius 2 is 1.92 bits per heavy atom. The summed E-state index contributed by atoms with van der Waals surface area (Å²) in [5, 5.41) is 6.64. The van der Waals surface area contributed by atoms with Crippen molar-refractivity contribution < 1.29 is 4.74 Å². The first-order chi connectivity index (χ1) is 11.7. The number of rotatable bonds is 8. The number of nitrogens with zero attached hydrogens (tertiary/aromatic N) is 2. The number of pyridine rings is 1. The van der Waals surface area contributed by atoms with Crippen LogP contribution in [0.5, 0.6) is 5.88 Å². The lowest BCUT2D eigenvalue weighted by Gasteiger charge is -2.11. The molecule has 0 aliphatic heterocycles. The highest BCUT2D eigenvalue weighted by molar-refractivity contribution is 7.11. The van der Waals surface area contributed by atoms with Crippen molar-refractivity contribution in [1.29, 1.82) is 0 Å². The molecule has 130 valence electrons. The molecular formula is C18H26N4OS. The molecule has 0 aromatic carbocycles. The maximum Gasteiger partial charge on any atom is 0.213 e. The van der Waals surface area contributed by atoms with Crippen LogP contribution in [0.25, 0.3) is 0 Å². The third-order valence-corrected chi connectivity index (χ3v) is 4.66. The van der Waals surface area contributed by atoms with E-state index in [0.29, 0.717) is 19.0 Å². The standard InChI is InChI=1S/C18H26N4OS/c1-4-10-23-17-9-6-14(11-20-17)12-21-18(19-3)22-13-16-8-7-15(5-2)24-16/h6-9,11H,4-5,10,12-13H2,1-3H3,(H2,19,21,22). The van der Waals surface area contributed by atoms with Gasteiger partial charge in [-0.15, -0.1) is 11.3 Å². The second-order valence-electron chi connectivity index (χ2n) is 5.35. The Morgan fingerprint density at radius 1 is 1.12 bits per heavy atom. The molecule has 0 radical (unpaired) electrons. The van der Waals surface area contributed by atoms with Crippen LogP contribution < -0.4 is 15.4 Å². The molecule has 0 saturated carbocycles. The van der Waals surface area contributed by atoms with Crippen LogP contribution in [0.15, 0.2) is 35.5 Å². The fourth-order valence-electron chi connectivity index (χ4n) is 2.09. The van der Waals surface area contributed by atoms with Crippen LogP contribution in [-0.2, 0) is 19.5 Å². The average molecular weight is 347 g/mol. The van der Waals surface area contributed by atoms with Gasteiger partial charge >= 0.3 is 0 Å². The van der Waals surface area contributed by atoms with Gasteiger partial charge in [0.15, 0.2) is 5.96 Å². The molecule has 0 saturated heterocycles. The van der Waals surface area contributed by atoms with E-state index in [1.54, 1.807) is 7.05 Å². The largest absolute Gasteiger partial charge is 0.478 e. The molecule has 0 aliphatic carbocycles. The Hall–Kier alpha value is -2.08. The van der Waals surface area contributed by atoms with Gasteiger partial charge in [0.05, 0.1) is 13.2 Å². The molecule has 2 heterocycles. The third kappa shape index (κ3) is 5.85. The second-order valence-corrected chi connectivity index (χ2v) is 6.61. The van der Waals surface area contributed by atoms with Crippen molar-refractivity contribution in [3.63, 3.8) is 0 Å². The number of nitrogens with one attached hydrogen (secondary N) is 2. The minimum atomic E-state index is 0.672. The van der Waals surface area contributed by atoms with Crippen molar-refractivity contribution in [2.24, 2.45) is 4.99 Å². The number of guanidine groups is 1. The van der Waals surface area contributed by atoms with Crippen molar-refractivity contribution in [1.82, 2.24) is 15.6 Å². The fraction of sp³-hybridized carbons (Fsp3) is 0.444. The van der Waals surface area contributed by atoms with E-state index in [1.807, 2.05) is 29.7 Å². The molecule has 0 aliphatic rings. The minimum Gasteiger partial charge on any atom is -0.478 e. The zero-order chi connectivity index (χ0) is 17.2. The van der Waals surface area contributed by atoms with E-state index < -0.39 is 0 Å². The summed E-state index contributed by atoms with van der Waals surface area (Å²) in [6.07, 6.45) is 3.90. The Kier molecular flexibility index (Phi) is 7.55. The fourth-order valence-corrected chi connectivity index (χ4v) is 2.99. The minimum absolute atomic E-state index is 0.672. The van der Waals surface area contributed by atoms with Crippen LogP contribution in [0, 0.1) is 0 Å². The number of hydrogen-bond donors (Lipinski definition) is 2. The Balaban J connectivity index is 1.78. The molecule has 6 heteroatoms. The summed E-state index contributed by atoms with van der Waals surface area (Å²) in [6, 6.07) is 8.28. The Morgan fingerprint density at radius 3 is 2.54 bits per heavy atom. The average Bonchev–Trinajstić information content (AvgIpc) is 3.09. The number of aryl methyl sites for hydroxylation is 1. The first kappa shape index (κ1) is 18.3. The number of ether oxygens (including phenoxy) is 1. The number of aliphatic imine (C=N–C) groups is 1. The highest BCUT2D eigenvalue weighted by atomic mass is 32.1. The van der Waals surface area contributed by atoms with Crippen molar-refractivity contribution in [2.45, 2.75) is 39.8 Å². The summed E-state index contributed by atoms with van der Waals surface area (Å²) in [6.45, 7) is 6.41. The quantitative estimate of drug-likeness (QED) is 0.568. The lowest BCUT2D eigenvalue weighted by molar-refractivity contribution is 0.305. The maximum atomic E-state index is 5.49. The van der Waals surface area contributed by atoms with Crippen LogP contribution >= 0.6 is 11.3 Å². The van der Waals surface area contributed by atoms with Crippen molar-refractivity contribution >= 4 is 17.3 Å². The molecule has 2 aromatic rings. The van der Waals surface area contributed by atoms with Gasteiger partial charge in [0, 0.05) is 35.6 Å². The summed E-state index contributed by atoms with van der Waals surface area (Å²) in [4.78, 5) is 11.3. The monoisotopic (exact) mass is 346 g/mol. The normalized spacial score (nSPS) is 11.4. The molecule has 2 N–H and O–H groups in total. The number of thiophene rings is 1. The van der Waals surface area contributed by atoms with Gasteiger partial charge in [-0.1, -0.05) is 19.9 Å². The van der Waals surface area contributed by atoms with E-state index in [4.69, 9.17) is 4.74 Å². The first-order valence-electron chi connectivity index (χ1n) is 8.35. The molecular weight excluding hydrogens is 320 g/mol. The lowest BCUT2D eigenvalue weighted by Crippen LogP contribution is -2.36. The summed E-state index contributed by atoms with van der Waals surface area (Å²) in [7, 11) is 1.78. The van der Waals surface area contributed by atoms with Crippen LogP contribution in [0.4, 0.5) is 0 Å². The van der Waals surface area contributed by atoms with Crippen LogP contribution in [0.1, 0.15) is 35.6 Å². The molecule has 0 fully saturated rings. The molecule has 24 heavy (non-hydrogen) atoms. The van der Waals surface area contributed by atoms with Gasteiger partial charge in [-0.25, -0.2) is 4.98 Å². The smallest absolute Gasteiger partial charge is 0.213 e. The third-order valence-electron chi connectivity index (χ3n) is 3.43. The first-order valence-corrected chi connectivity index (χ1v) is 9.16. The Labute approximate surface area is 148 Å². The molecule has 0 unspecified atom stereocenters. The summed E-state index contributed by atoms with van der Waals surface area (Å²) in [5.41, 5.74) is 1.09. The summed E-state index contributed by atoms with van der Waals surface area (Å²) >= 11 is 1.84. The van der Waals surface area contributed by atoms with Gasteiger partial charge in [-0.2, -0.15) is 0 Å². The zero-order valence-corrected chi connectivity index (χ0v) is 15.4. The molecule has 0 spiro atoms. The van der Waals surface area contributed by atoms with Crippen LogP contribution in [0.2, 0.25) is 0 Å². The summed E-state index contributed by atoms with van der Waals surface area (Å²) < 4.78 is 5.49. The van der Waals surface area contributed by atoms with E-state index in [2.05, 4.69) is 46.6 Å². The van der Waals surface area contributed by atoms with E-state index in [9.17, 15) is 0 Å². The van der Waals surface area contributed by atoms with E-state index in [0.717, 1.165) is 30.9 Å². The van der Waals surface area contributed by atoms with E-state index in [-0.39, 0.29) is 0 Å². The molecule has 0 atom stereocenters. The second kappa shape index (κ2) is 9.93. The van der Waals surface area contributed by atoms with E-state index in [1.165, 1.54) is 9.75 Å². The van der Waals surface area contributed by atoms with Crippen LogP contribution in [0.3, 0.4) is 0 Å². The topological polar surface area (TPSA) is 58.5 Å². The number of aromatic nitrogens is 1. The van der Waals surface area contributed by atoms with Gasteiger partial charge in [0.2, 0.25) is 5.88 Å².